The van der Waals surface area contributed by atoms with Gasteiger partial charge in [-0.25, -0.2) is 4.98 Å². The van der Waals surface area contributed by atoms with Crippen LogP contribution in [0, 0.1) is 0 Å². The highest BCUT2D eigenvalue weighted by molar-refractivity contribution is 6.37. The van der Waals surface area contributed by atoms with Gasteiger partial charge in [0.05, 0.1) is 17.2 Å². The second-order valence-electron chi connectivity index (χ2n) is 6.20. The Labute approximate surface area is 176 Å². The van der Waals surface area contributed by atoms with Crippen molar-refractivity contribution in [1.29, 1.82) is 0 Å². The topological polar surface area (TPSA) is 77.2 Å². The lowest BCUT2D eigenvalue weighted by molar-refractivity contribution is 0.0951. The molecule has 146 valence electrons. The Morgan fingerprint density at radius 3 is 2.52 bits per heavy atom. The quantitative estimate of drug-likeness (QED) is 0.477. The number of pyridine rings is 1. The van der Waals surface area contributed by atoms with E-state index < -0.39 is 0 Å². The molecule has 0 saturated carbocycles. The molecule has 29 heavy (non-hydrogen) atoms. The average molecular weight is 428 g/mol. The number of rotatable bonds is 5. The molecule has 2 heterocycles. The van der Waals surface area contributed by atoms with Crippen LogP contribution in [0.3, 0.4) is 0 Å². The summed E-state index contributed by atoms with van der Waals surface area (Å²) in [6.07, 6.45) is 1.67. The molecular formula is C21H15Cl2N3O3. The molecule has 0 bridgehead atoms. The zero-order chi connectivity index (χ0) is 20.4. The monoisotopic (exact) mass is 427 g/mol. The SMILES string of the molecule is COc1c(Cl)cc(C(=O)NCc2ccc(-c3nc4ncccc4o3)cc2)cc1Cl. The number of ether oxygens (including phenoxy) is 1. The minimum Gasteiger partial charge on any atom is -0.494 e. The summed E-state index contributed by atoms with van der Waals surface area (Å²) >= 11 is 12.2. The third kappa shape index (κ3) is 4.04. The van der Waals surface area contributed by atoms with Gasteiger partial charge in [-0.3, -0.25) is 4.79 Å². The first kappa shape index (κ1) is 19.2. The van der Waals surface area contributed by atoms with Gasteiger partial charge in [0.25, 0.3) is 5.91 Å². The van der Waals surface area contributed by atoms with E-state index in [9.17, 15) is 4.79 Å². The summed E-state index contributed by atoms with van der Waals surface area (Å²) in [5.41, 5.74) is 3.30. The largest absolute Gasteiger partial charge is 0.494 e. The Morgan fingerprint density at radius 2 is 1.86 bits per heavy atom. The first-order chi connectivity index (χ1) is 14.0. The van der Waals surface area contributed by atoms with Crippen LogP contribution in [-0.4, -0.2) is 23.0 Å². The number of benzene rings is 2. The minimum atomic E-state index is -0.287. The van der Waals surface area contributed by atoms with Crippen molar-refractivity contribution in [1.82, 2.24) is 15.3 Å². The van der Waals surface area contributed by atoms with Crippen molar-refractivity contribution in [2.75, 3.05) is 7.11 Å². The maximum absolute atomic E-state index is 12.4. The molecule has 0 saturated heterocycles. The van der Waals surface area contributed by atoms with Crippen molar-refractivity contribution in [3.63, 3.8) is 0 Å². The van der Waals surface area contributed by atoms with Gasteiger partial charge < -0.3 is 14.5 Å². The van der Waals surface area contributed by atoms with Crippen LogP contribution < -0.4 is 10.1 Å². The zero-order valence-electron chi connectivity index (χ0n) is 15.3. The molecule has 0 spiro atoms. The highest BCUT2D eigenvalue weighted by Crippen LogP contribution is 2.33. The van der Waals surface area contributed by atoms with Gasteiger partial charge in [0, 0.05) is 23.9 Å². The molecule has 0 unspecified atom stereocenters. The molecule has 1 N–H and O–H groups in total. The summed E-state index contributed by atoms with van der Waals surface area (Å²) in [6.45, 7) is 0.343. The van der Waals surface area contributed by atoms with Crippen LogP contribution in [-0.2, 0) is 6.54 Å². The Morgan fingerprint density at radius 1 is 1.14 bits per heavy atom. The number of carbonyl (C=O) groups is 1. The maximum atomic E-state index is 12.4. The summed E-state index contributed by atoms with van der Waals surface area (Å²) in [5, 5.41) is 3.40. The third-order valence-electron chi connectivity index (χ3n) is 4.28. The summed E-state index contributed by atoms with van der Waals surface area (Å²) < 4.78 is 10.8. The van der Waals surface area contributed by atoms with Gasteiger partial charge >= 0.3 is 0 Å². The van der Waals surface area contributed by atoms with E-state index in [-0.39, 0.29) is 16.0 Å². The molecular weight excluding hydrogens is 413 g/mol. The molecule has 0 atom stereocenters. The first-order valence-corrected chi connectivity index (χ1v) is 9.43. The highest BCUT2D eigenvalue weighted by atomic mass is 35.5. The number of hydrogen-bond acceptors (Lipinski definition) is 5. The molecule has 2 aromatic heterocycles. The number of nitrogens with zero attached hydrogens (tertiary/aromatic N) is 2. The molecule has 0 fully saturated rings. The van der Waals surface area contributed by atoms with Crippen LogP contribution in [0.15, 0.2) is 59.1 Å². The van der Waals surface area contributed by atoms with Crippen molar-refractivity contribution in [2.45, 2.75) is 6.54 Å². The smallest absolute Gasteiger partial charge is 0.251 e. The van der Waals surface area contributed by atoms with E-state index >= 15 is 0 Å². The van der Waals surface area contributed by atoms with Crippen molar-refractivity contribution in [2.24, 2.45) is 0 Å². The summed E-state index contributed by atoms with van der Waals surface area (Å²) in [5.74, 6) is 0.553. The van der Waals surface area contributed by atoms with Crippen LogP contribution in [0.5, 0.6) is 5.75 Å². The molecule has 4 aromatic rings. The number of methoxy groups -OCH3 is 1. The fourth-order valence-electron chi connectivity index (χ4n) is 2.83. The van der Waals surface area contributed by atoms with Gasteiger partial charge in [0.2, 0.25) is 5.89 Å². The van der Waals surface area contributed by atoms with Crippen LogP contribution in [0.25, 0.3) is 22.7 Å². The van der Waals surface area contributed by atoms with Crippen LogP contribution in [0.1, 0.15) is 15.9 Å². The molecule has 0 aliphatic rings. The highest BCUT2D eigenvalue weighted by Gasteiger charge is 2.14. The number of nitrogens with one attached hydrogen (secondary N) is 1. The summed E-state index contributed by atoms with van der Waals surface area (Å²) in [4.78, 5) is 20.9. The average Bonchev–Trinajstić information content (AvgIpc) is 3.16. The molecule has 0 aliphatic heterocycles. The normalized spacial score (nSPS) is 10.9. The molecule has 6 nitrogen and oxygen atoms in total. The van der Waals surface area contributed by atoms with Gasteiger partial charge in [-0.2, -0.15) is 4.98 Å². The second-order valence-corrected chi connectivity index (χ2v) is 7.01. The number of amides is 1. The molecule has 8 heteroatoms. The third-order valence-corrected chi connectivity index (χ3v) is 4.85. The molecule has 0 radical (unpaired) electrons. The lowest BCUT2D eigenvalue weighted by Gasteiger charge is -2.10. The minimum absolute atomic E-state index is 0.280. The van der Waals surface area contributed by atoms with Crippen LogP contribution >= 0.6 is 23.2 Å². The van der Waals surface area contributed by atoms with E-state index in [1.54, 1.807) is 12.3 Å². The lowest BCUT2D eigenvalue weighted by Crippen LogP contribution is -2.22. The van der Waals surface area contributed by atoms with Gasteiger partial charge in [0.15, 0.2) is 17.0 Å². The Balaban J connectivity index is 1.44. The number of aromatic nitrogens is 2. The first-order valence-electron chi connectivity index (χ1n) is 8.67. The van der Waals surface area contributed by atoms with Crippen molar-refractivity contribution in [3.05, 3.63) is 75.9 Å². The summed E-state index contributed by atoms with van der Waals surface area (Å²) in [6, 6.07) is 14.2. The van der Waals surface area contributed by atoms with Crippen molar-refractivity contribution in [3.8, 4) is 17.2 Å². The predicted octanol–water partition coefficient (Wildman–Crippen LogP) is 5.14. The Kier molecular flexibility index (Phi) is 5.38. The van der Waals surface area contributed by atoms with Crippen LogP contribution in [0.2, 0.25) is 10.0 Å². The molecule has 2 aromatic carbocycles. The molecule has 0 aliphatic carbocycles. The van der Waals surface area contributed by atoms with Gasteiger partial charge in [-0.15, -0.1) is 0 Å². The van der Waals surface area contributed by atoms with E-state index in [2.05, 4.69) is 15.3 Å². The fourth-order valence-corrected chi connectivity index (χ4v) is 3.47. The number of halogens is 2. The van der Waals surface area contributed by atoms with Crippen molar-refractivity contribution >= 4 is 40.3 Å². The molecule has 4 rings (SSSR count). The second kappa shape index (κ2) is 8.11. The van der Waals surface area contributed by atoms with Crippen molar-refractivity contribution < 1.29 is 13.9 Å². The number of carbonyl (C=O) groups excluding carboxylic acids is 1. The number of hydrogen-bond donors (Lipinski definition) is 1. The van der Waals surface area contributed by atoms with E-state index in [1.807, 2.05) is 30.3 Å². The standard InChI is InChI=1S/C21H15Cl2N3O3/c1-28-18-15(22)9-14(10-16(18)23)20(27)25-11-12-4-6-13(7-5-12)21-26-19-17(29-21)3-2-8-24-19/h2-10H,11H2,1H3,(H,25,27). The number of fused-ring (bicyclic) bond motifs is 1. The maximum Gasteiger partial charge on any atom is 0.251 e. The van der Waals surface area contributed by atoms with E-state index in [0.717, 1.165) is 11.1 Å². The van der Waals surface area contributed by atoms with E-state index in [4.69, 9.17) is 32.4 Å². The van der Waals surface area contributed by atoms with E-state index in [1.165, 1.54) is 19.2 Å². The van der Waals surface area contributed by atoms with Crippen LogP contribution in [0.4, 0.5) is 0 Å². The van der Waals surface area contributed by atoms with Gasteiger partial charge in [-0.05, 0) is 42.0 Å². The van der Waals surface area contributed by atoms with Gasteiger partial charge in [-0.1, -0.05) is 35.3 Å². The zero-order valence-corrected chi connectivity index (χ0v) is 16.8. The predicted molar refractivity (Wildman–Crippen MR) is 111 cm³/mol. The van der Waals surface area contributed by atoms with Gasteiger partial charge in [0.1, 0.15) is 0 Å². The Hall–Kier alpha value is -3.09. The Bertz CT molecular complexity index is 1130. The lowest BCUT2D eigenvalue weighted by atomic mass is 10.1. The van der Waals surface area contributed by atoms with E-state index in [0.29, 0.717) is 35.0 Å². The summed E-state index contributed by atoms with van der Waals surface area (Å²) in [7, 11) is 1.47. The fraction of sp³-hybridized carbons (Fsp3) is 0.0952. The number of oxazole rings is 1. The molecule has 1 amide bonds.